The van der Waals surface area contributed by atoms with Crippen LogP contribution in [0.5, 0.6) is 0 Å². The largest absolute Gasteiger partial charge is 0.370 e. The number of nitrogens with zero attached hydrogens (tertiary/aromatic N) is 4. The van der Waals surface area contributed by atoms with Gasteiger partial charge in [-0.3, -0.25) is 0 Å². The highest BCUT2D eigenvalue weighted by molar-refractivity contribution is 5.93. The van der Waals surface area contributed by atoms with Gasteiger partial charge in [-0.15, -0.1) is 0 Å². The van der Waals surface area contributed by atoms with Gasteiger partial charge >= 0.3 is 0 Å². The highest BCUT2D eigenvalue weighted by Gasteiger charge is 2.01. The highest BCUT2D eigenvalue weighted by Crippen LogP contribution is 2.18. The summed E-state index contributed by atoms with van der Waals surface area (Å²) in [5.74, 6) is 0.778. The van der Waals surface area contributed by atoms with Crippen LogP contribution in [0.2, 0.25) is 0 Å². The molecule has 0 saturated heterocycles. The van der Waals surface area contributed by atoms with Gasteiger partial charge in [-0.25, -0.2) is 9.98 Å². The van der Waals surface area contributed by atoms with Crippen LogP contribution >= 0.6 is 0 Å². The van der Waals surface area contributed by atoms with E-state index >= 15 is 0 Å². The second kappa shape index (κ2) is 5.21. The first kappa shape index (κ1) is 12.6. The third kappa shape index (κ3) is 3.09. The summed E-state index contributed by atoms with van der Waals surface area (Å²) >= 11 is 0. The van der Waals surface area contributed by atoms with Gasteiger partial charge in [0.2, 0.25) is 5.96 Å². The Morgan fingerprint density at radius 1 is 1.26 bits per heavy atom. The summed E-state index contributed by atoms with van der Waals surface area (Å²) in [6.45, 7) is 1.92. The van der Waals surface area contributed by atoms with E-state index in [9.17, 15) is 0 Å². The summed E-state index contributed by atoms with van der Waals surface area (Å²) < 4.78 is 1.94. The Morgan fingerprint density at radius 3 is 2.68 bits per heavy atom. The molecule has 0 aliphatic heterocycles. The summed E-state index contributed by atoms with van der Waals surface area (Å²) in [5, 5.41) is 0. The molecule has 0 amide bonds. The van der Waals surface area contributed by atoms with E-state index < -0.39 is 0 Å². The molecular formula is C12H15N7. The molecule has 2 aromatic rings. The zero-order valence-electron chi connectivity index (χ0n) is 10.5. The van der Waals surface area contributed by atoms with E-state index in [1.165, 1.54) is 0 Å². The minimum absolute atomic E-state index is 0.0134. The van der Waals surface area contributed by atoms with Crippen LogP contribution in [-0.2, 0) is 0 Å². The van der Waals surface area contributed by atoms with Crippen molar-refractivity contribution in [1.29, 1.82) is 0 Å². The second-order valence-corrected chi connectivity index (χ2v) is 3.87. The van der Waals surface area contributed by atoms with E-state index in [1.54, 1.807) is 6.20 Å². The second-order valence-electron chi connectivity index (χ2n) is 3.87. The van der Waals surface area contributed by atoms with Crippen molar-refractivity contribution in [3.05, 3.63) is 42.5 Å². The Kier molecular flexibility index (Phi) is 3.46. The lowest BCUT2D eigenvalue weighted by Crippen LogP contribution is -2.26. The first-order valence-corrected chi connectivity index (χ1v) is 5.60. The fourth-order valence-electron chi connectivity index (χ4n) is 1.65. The van der Waals surface area contributed by atoms with Gasteiger partial charge < -0.3 is 21.8 Å². The molecule has 0 aliphatic rings. The lowest BCUT2D eigenvalue weighted by atomic mass is 10.3. The average Bonchev–Trinajstić information content (AvgIpc) is 2.74. The van der Waals surface area contributed by atoms with E-state index in [0.717, 1.165) is 11.5 Å². The summed E-state index contributed by atoms with van der Waals surface area (Å²) in [7, 11) is 0. The maximum Gasteiger partial charge on any atom is 0.223 e. The Morgan fingerprint density at radius 2 is 2.05 bits per heavy atom. The fourth-order valence-corrected chi connectivity index (χ4v) is 1.65. The van der Waals surface area contributed by atoms with Gasteiger partial charge in [0, 0.05) is 18.1 Å². The van der Waals surface area contributed by atoms with Crippen LogP contribution < -0.4 is 17.2 Å². The van der Waals surface area contributed by atoms with Crippen molar-refractivity contribution < 1.29 is 0 Å². The minimum atomic E-state index is -0.122. The van der Waals surface area contributed by atoms with Crippen LogP contribution in [0.15, 0.2) is 46.6 Å². The normalized spacial score (nSPS) is 11.3. The summed E-state index contributed by atoms with van der Waals surface area (Å²) in [4.78, 5) is 11.9. The van der Waals surface area contributed by atoms with E-state index in [4.69, 9.17) is 17.2 Å². The van der Waals surface area contributed by atoms with E-state index in [1.807, 2.05) is 42.0 Å². The molecule has 0 spiro atoms. The van der Waals surface area contributed by atoms with Gasteiger partial charge in [0.05, 0.1) is 5.69 Å². The highest BCUT2D eigenvalue weighted by atomic mass is 15.1. The molecule has 0 saturated carbocycles. The van der Waals surface area contributed by atoms with Gasteiger partial charge in [0.15, 0.2) is 5.96 Å². The molecule has 19 heavy (non-hydrogen) atoms. The molecule has 7 heteroatoms. The lowest BCUT2D eigenvalue weighted by Gasteiger charge is -2.05. The van der Waals surface area contributed by atoms with Crippen LogP contribution in [0, 0.1) is 6.92 Å². The fraction of sp³-hybridized carbons (Fsp3) is 0.0833. The standard InChI is InChI=1S/C12H15N7/c1-8-16-5-6-19(8)10-4-2-3-9(7-10)17-12(15)18-11(13)14/h2-7H,1H3,(H6,13,14,15,17,18). The monoisotopic (exact) mass is 257 g/mol. The number of nitrogens with two attached hydrogens (primary N) is 3. The van der Waals surface area contributed by atoms with Crippen molar-refractivity contribution in [1.82, 2.24) is 9.55 Å². The molecule has 1 aromatic carbocycles. The number of hydrogen-bond donors (Lipinski definition) is 3. The SMILES string of the molecule is Cc1nccn1-c1cccc(N=C(N)N=C(N)N)c1. The van der Waals surface area contributed by atoms with Gasteiger partial charge in [0.25, 0.3) is 0 Å². The Bertz CT molecular complexity index is 635. The number of rotatable bonds is 2. The first-order chi connectivity index (χ1) is 9.06. The topological polar surface area (TPSA) is 121 Å². The Labute approximate surface area is 110 Å². The van der Waals surface area contributed by atoms with Crippen molar-refractivity contribution in [2.45, 2.75) is 6.92 Å². The molecule has 2 rings (SSSR count). The molecule has 0 bridgehead atoms. The van der Waals surface area contributed by atoms with Crippen molar-refractivity contribution in [3.8, 4) is 5.69 Å². The van der Waals surface area contributed by atoms with Crippen LogP contribution in [0.4, 0.5) is 5.69 Å². The molecule has 0 aliphatic carbocycles. The maximum absolute atomic E-state index is 5.59. The van der Waals surface area contributed by atoms with Crippen molar-refractivity contribution in [2.75, 3.05) is 0 Å². The van der Waals surface area contributed by atoms with E-state index in [-0.39, 0.29) is 11.9 Å². The Balaban J connectivity index is 2.36. The average molecular weight is 257 g/mol. The maximum atomic E-state index is 5.59. The quantitative estimate of drug-likeness (QED) is 0.532. The Hall–Kier alpha value is -2.83. The molecule has 1 heterocycles. The third-order valence-electron chi connectivity index (χ3n) is 2.42. The molecule has 98 valence electrons. The molecule has 0 atom stereocenters. The van der Waals surface area contributed by atoms with Crippen molar-refractivity contribution in [2.24, 2.45) is 27.2 Å². The lowest BCUT2D eigenvalue weighted by molar-refractivity contribution is 0.975. The number of imidazole rings is 1. The summed E-state index contributed by atoms with van der Waals surface area (Å²) in [6, 6.07) is 7.50. The van der Waals surface area contributed by atoms with Crippen molar-refractivity contribution >= 4 is 17.6 Å². The zero-order chi connectivity index (χ0) is 13.8. The van der Waals surface area contributed by atoms with Gasteiger partial charge in [-0.2, -0.15) is 4.99 Å². The number of hydrogen-bond acceptors (Lipinski definition) is 2. The van der Waals surface area contributed by atoms with Crippen LogP contribution in [-0.4, -0.2) is 21.5 Å². The van der Waals surface area contributed by atoms with Gasteiger partial charge in [0.1, 0.15) is 5.82 Å². The molecule has 0 radical (unpaired) electrons. The van der Waals surface area contributed by atoms with Gasteiger partial charge in [-0.1, -0.05) is 6.07 Å². The predicted octanol–water partition coefficient (Wildman–Crippen LogP) is 0.400. The first-order valence-electron chi connectivity index (χ1n) is 5.60. The molecule has 0 fully saturated rings. The van der Waals surface area contributed by atoms with E-state index in [0.29, 0.717) is 5.69 Å². The van der Waals surface area contributed by atoms with Gasteiger partial charge in [-0.05, 0) is 25.1 Å². The molecule has 7 nitrogen and oxygen atoms in total. The van der Waals surface area contributed by atoms with Crippen LogP contribution in [0.1, 0.15) is 5.82 Å². The minimum Gasteiger partial charge on any atom is -0.370 e. The summed E-state index contributed by atoms with van der Waals surface area (Å²) in [5.41, 5.74) is 17.6. The number of aliphatic imine (C=N–C) groups is 2. The van der Waals surface area contributed by atoms with Crippen molar-refractivity contribution in [3.63, 3.8) is 0 Å². The molecular weight excluding hydrogens is 242 g/mol. The number of benzene rings is 1. The summed E-state index contributed by atoms with van der Waals surface area (Å²) in [6.07, 6.45) is 3.61. The van der Waals surface area contributed by atoms with Crippen LogP contribution in [0.25, 0.3) is 5.69 Å². The third-order valence-corrected chi connectivity index (χ3v) is 2.42. The number of guanidine groups is 2. The molecule has 6 N–H and O–H groups in total. The molecule has 0 unspecified atom stereocenters. The number of aryl methyl sites for hydroxylation is 1. The molecule has 1 aromatic heterocycles. The number of aromatic nitrogens is 2. The smallest absolute Gasteiger partial charge is 0.223 e. The van der Waals surface area contributed by atoms with Crippen LogP contribution in [0.3, 0.4) is 0 Å². The van der Waals surface area contributed by atoms with E-state index in [2.05, 4.69) is 15.0 Å². The zero-order valence-corrected chi connectivity index (χ0v) is 10.5. The predicted molar refractivity (Wildman–Crippen MR) is 75.4 cm³/mol.